The molecular weight excluding hydrogens is 374 g/mol. The fourth-order valence-corrected chi connectivity index (χ4v) is 4.14. The van der Waals surface area contributed by atoms with Crippen molar-refractivity contribution < 1.29 is 4.79 Å². The normalized spacial score (nSPS) is 21.0. The standard InChI is InChI=1S/C24H31N5O/c1-17(2)12-14-29-22-15-20(26-23(30)18-7-4-3-5-8-18)10-11-21(22)27-24(29)28-13-6-9-19(25)16-28/h3-5,7-8,10-12,15,19,24,27H,6,9,13-14,16,25H2,1-2H3,(H,26,30). The molecule has 4 rings (SSSR count). The second-order valence-electron chi connectivity index (χ2n) is 8.40. The molecule has 0 radical (unpaired) electrons. The highest BCUT2D eigenvalue weighted by Gasteiger charge is 2.34. The minimum absolute atomic E-state index is 0.0713. The van der Waals surface area contributed by atoms with Crippen molar-refractivity contribution in [3.05, 3.63) is 65.7 Å². The maximum atomic E-state index is 12.6. The van der Waals surface area contributed by atoms with Gasteiger partial charge in [0.2, 0.25) is 0 Å². The SMILES string of the molecule is CC(C)=CCN1c2cc(NC(=O)c3ccccc3)ccc2NC1N1CCCC(N)C1. The van der Waals surface area contributed by atoms with Crippen LogP contribution in [0.1, 0.15) is 37.0 Å². The van der Waals surface area contributed by atoms with Gasteiger partial charge in [0.25, 0.3) is 5.91 Å². The average molecular weight is 406 g/mol. The van der Waals surface area contributed by atoms with E-state index in [2.05, 4.69) is 52.5 Å². The van der Waals surface area contributed by atoms with E-state index in [1.807, 2.05) is 36.4 Å². The van der Waals surface area contributed by atoms with Gasteiger partial charge in [-0.15, -0.1) is 0 Å². The summed E-state index contributed by atoms with van der Waals surface area (Å²) in [5.74, 6) is -0.101. The van der Waals surface area contributed by atoms with Crippen molar-refractivity contribution in [2.45, 2.75) is 39.0 Å². The summed E-state index contributed by atoms with van der Waals surface area (Å²) in [5.41, 5.74) is 11.2. The number of nitrogens with one attached hydrogen (secondary N) is 2. The monoisotopic (exact) mass is 405 g/mol. The number of benzene rings is 2. The molecule has 6 heteroatoms. The van der Waals surface area contributed by atoms with Crippen LogP contribution in [0.3, 0.4) is 0 Å². The van der Waals surface area contributed by atoms with E-state index < -0.39 is 0 Å². The summed E-state index contributed by atoms with van der Waals surface area (Å²) in [5, 5.41) is 6.70. The quantitative estimate of drug-likeness (QED) is 0.659. The first kappa shape index (κ1) is 20.4. The van der Waals surface area contributed by atoms with Gasteiger partial charge in [0.1, 0.15) is 0 Å². The van der Waals surface area contributed by atoms with Gasteiger partial charge in [0.15, 0.2) is 6.29 Å². The molecule has 0 aromatic heterocycles. The molecule has 1 amide bonds. The van der Waals surface area contributed by atoms with Gasteiger partial charge in [-0.05, 0) is 57.0 Å². The number of allylic oxidation sites excluding steroid dienone is 1. The number of nitrogens with zero attached hydrogens (tertiary/aromatic N) is 2. The Kier molecular flexibility index (Phi) is 6.06. The summed E-state index contributed by atoms with van der Waals surface area (Å²) < 4.78 is 0. The second kappa shape index (κ2) is 8.90. The molecule has 2 atom stereocenters. The Morgan fingerprint density at radius 3 is 2.77 bits per heavy atom. The smallest absolute Gasteiger partial charge is 0.255 e. The van der Waals surface area contributed by atoms with Crippen molar-refractivity contribution in [3.63, 3.8) is 0 Å². The van der Waals surface area contributed by atoms with Crippen molar-refractivity contribution in [2.24, 2.45) is 5.73 Å². The van der Waals surface area contributed by atoms with E-state index in [9.17, 15) is 4.79 Å². The molecule has 2 heterocycles. The van der Waals surface area contributed by atoms with E-state index in [0.29, 0.717) is 5.56 Å². The summed E-state index contributed by atoms with van der Waals surface area (Å²) in [4.78, 5) is 17.4. The van der Waals surface area contributed by atoms with Gasteiger partial charge < -0.3 is 21.3 Å². The number of hydrogen-bond donors (Lipinski definition) is 3. The minimum Gasteiger partial charge on any atom is -0.351 e. The highest BCUT2D eigenvalue weighted by molar-refractivity contribution is 6.04. The summed E-state index contributed by atoms with van der Waals surface area (Å²) >= 11 is 0. The van der Waals surface area contributed by atoms with Crippen LogP contribution >= 0.6 is 0 Å². The van der Waals surface area contributed by atoms with Crippen LogP contribution in [0.15, 0.2) is 60.2 Å². The van der Waals surface area contributed by atoms with Gasteiger partial charge in [-0.25, -0.2) is 0 Å². The van der Waals surface area contributed by atoms with Crippen LogP contribution < -0.4 is 21.3 Å². The molecule has 2 aliphatic heterocycles. The zero-order valence-corrected chi connectivity index (χ0v) is 17.8. The lowest BCUT2D eigenvalue weighted by atomic mass is 10.1. The maximum Gasteiger partial charge on any atom is 0.255 e. The third kappa shape index (κ3) is 4.50. The van der Waals surface area contributed by atoms with E-state index in [1.54, 1.807) is 0 Å². The van der Waals surface area contributed by atoms with Crippen LogP contribution in [0.5, 0.6) is 0 Å². The number of carbonyl (C=O) groups is 1. The maximum absolute atomic E-state index is 12.6. The predicted molar refractivity (Wildman–Crippen MR) is 124 cm³/mol. The van der Waals surface area contributed by atoms with Gasteiger partial charge in [-0.3, -0.25) is 9.69 Å². The van der Waals surface area contributed by atoms with Crippen LogP contribution in [0.4, 0.5) is 17.1 Å². The van der Waals surface area contributed by atoms with Gasteiger partial charge in [-0.1, -0.05) is 29.8 Å². The zero-order chi connectivity index (χ0) is 21.1. The molecule has 2 aromatic rings. The third-order valence-electron chi connectivity index (χ3n) is 5.71. The van der Waals surface area contributed by atoms with E-state index in [1.165, 1.54) is 5.57 Å². The lowest BCUT2D eigenvalue weighted by Gasteiger charge is -2.39. The van der Waals surface area contributed by atoms with Gasteiger partial charge >= 0.3 is 0 Å². The number of hydrogen-bond acceptors (Lipinski definition) is 5. The lowest BCUT2D eigenvalue weighted by Crippen LogP contribution is -2.55. The number of piperidine rings is 1. The van der Waals surface area contributed by atoms with E-state index >= 15 is 0 Å². The predicted octanol–water partition coefficient (Wildman–Crippen LogP) is 3.84. The van der Waals surface area contributed by atoms with Crippen LogP contribution in [0.25, 0.3) is 0 Å². The molecule has 0 spiro atoms. The fraction of sp³-hybridized carbons (Fsp3) is 0.375. The Hall–Kier alpha value is -2.83. The van der Waals surface area contributed by atoms with Crippen molar-refractivity contribution in [1.29, 1.82) is 0 Å². The molecule has 0 bridgehead atoms. The van der Waals surface area contributed by atoms with Gasteiger partial charge in [-0.2, -0.15) is 0 Å². The van der Waals surface area contributed by atoms with E-state index in [4.69, 9.17) is 5.73 Å². The first-order valence-electron chi connectivity index (χ1n) is 10.7. The molecular formula is C24H31N5O. The first-order valence-corrected chi connectivity index (χ1v) is 10.7. The second-order valence-corrected chi connectivity index (χ2v) is 8.40. The molecule has 0 saturated carbocycles. The highest BCUT2D eigenvalue weighted by Crippen LogP contribution is 2.38. The van der Waals surface area contributed by atoms with Crippen molar-refractivity contribution in [3.8, 4) is 0 Å². The molecule has 1 saturated heterocycles. The van der Waals surface area contributed by atoms with Crippen LogP contribution in [-0.4, -0.2) is 42.8 Å². The molecule has 4 N–H and O–H groups in total. The number of nitrogens with two attached hydrogens (primary N) is 1. The molecule has 0 aliphatic carbocycles. The van der Waals surface area contributed by atoms with Crippen molar-refractivity contribution >= 4 is 23.0 Å². The lowest BCUT2D eigenvalue weighted by molar-refractivity contribution is 0.102. The number of rotatable bonds is 5. The van der Waals surface area contributed by atoms with Crippen LogP contribution in [0.2, 0.25) is 0 Å². The fourth-order valence-electron chi connectivity index (χ4n) is 4.14. The highest BCUT2D eigenvalue weighted by atomic mass is 16.1. The van der Waals surface area contributed by atoms with Gasteiger partial charge in [0, 0.05) is 36.9 Å². The molecule has 30 heavy (non-hydrogen) atoms. The van der Waals surface area contributed by atoms with Gasteiger partial charge in [0.05, 0.1) is 11.4 Å². The Morgan fingerprint density at radius 2 is 2.03 bits per heavy atom. The summed E-state index contributed by atoms with van der Waals surface area (Å²) in [7, 11) is 0. The number of carbonyl (C=O) groups excluding carboxylic acids is 1. The molecule has 2 unspecified atom stereocenters. The first-order chi connectivity index (χ1) is 14.5. The van der Waals surface area contributed by atoms with E-state index in [-0.39, 0.29) is 18.2 Å². The molecule has 2 aliphatic rings. The summed E-state index contributed by atoms with van der Waals surface area (Å²) in [6.45, 7) is 6.95. The third-order valence-corrected chi connectivity index (χ3v) is 5.71. The zero-order valence-electron chi connectivity index (χ0n) is 17.8. The Morgan fingerprint density at radius 1 is 1.23 bits per heavy atom. The summed E-state index contributed by atoms with van der Waals surface area (Å²) in [6, 6.07) is 15.6. The topological polar surface area (TPSA) is 73.6 Å². The molecule has 1 fully saturated rings. The van der Waals surface area contributed by atoms with Crippen molar-refractivity contribution in [1.82, 2.24) is 4.90 Å². The Balaban J connectivity index is 1.58. The minimum atomic E-state index is -0.101. The molecule has 158 valence electrons. The van der Waals surface area contributed by atoms with E-state index in [0.717, 1.165) is 49.5 Å². The van der Waals surface area contributed by atoms with Crippen LogP contribution in [-0.2, 0) is 0 Å². The Bertz CT molecular complexity index is 922. The Labute approximate surface area is 178 Å². The summed E-state index contributed by atoms with van der Waals surface area (Å²) in [6.07, 6.45) is 4.51. The number of amides is 1. The average Bonchev–Trinajstić information content (AvgIpc) is 3.10. The largest absolute Gasteiger partial charge is 0.351 e. The van der Waals surface area contributed by atoms with Crippen molar-refractivity contribution in [2.75, 3.05) is 35.2 Å². The number of fused-ring (bicyclic) bond motifs is 1. The van der Waals surface area contributed by atoms with Crippen LogP contribution in [0, 0.1) is 0 Å². The number of likely N-dealkylation sites (tertiary alicyclic amines) is 1. The molecule has 2 aromatic carbocycles. The molecule has 6 nitrogen and oxygen atoms in total. The number of anilines is 3.